The molecule has 0 spiro atoms. The molecule has 0 bridgehead atoms. The average molecular weight is 306 g/mol. The quantitative estimate of drug-likeness (QED) is 0.567. The maximum atomic E-state index is 12.0. The molecule has 20 heavy (non-hydrogen) atoms. The molecule has 4 N–H and O–H groups in total. The predicted molar refractivity (Wildman–Crippen MR) is 73.2 cm³/mol. The third-order valence-electron chi connectivity index (χ3n) is 3.80. The maximum Gasteiger partial charge on any atom is 0.307 e. The second kappa shape index (κ2) is 7.03. The first-order chi connectivity index (χ1) is 9.24. The molecule has 0 saturated heterocycles. The predicted octanol–water partition coefficient (Wildman–Crippen LogP) is -0.0818. The molecule has 0 heterocycles. The van der Waals surface area contributed by atoms with Crippen molar-refractivity contribution in [2.75, 3.05) is 12.3 Å². The van der Waals surface area contributed by atoms with Gasteiger partial charge in [0, 0.05) is 6.54 Å². The third kappa shape index (κ3) is 5.09. The van der Waals surface area contributed by atoms with Gasteiger partial charge in [0.25, 0.3) is 0 Å². The van der Waals surface area contributed by atoms with Gasteiger partial charge < -0.3 is 10.4 Å². The zero-order valence-electron chi connectivity index (χ0n) is 11.5. The molecule has 0 aromatic carbocycles. The van der Waals surface area contributed by atoms with Crippen molar-refractivity contribution in [2.45, 2.75) is 32.6 Å². The van der Waals surface area contributed by atoms with E-state index < -0.39 is 27.8 Å². The van der Waals surface area contributed by atoms with E-state index in [1.165, 1.54) is 0 Å². The van der Waals surface area contributed by atoms with Gasteiger partial charge in [-0.1, -0.05) is 13.3 Å². The number of carbonyl (C=O) groups excluding carboxylic acids is 1. The molecule has 8 heteroatoms. The Labute approximate surface area is 119 Å². The van der Waals surface area contributed by atoms with E-state index in [1.807, 2.05) is 6.92 Å². The van der Waals surface area contributed by atoms with Gasteiger partial charge in [0.15, 0.2) is 0 Å². The standard InChI is InChI=1S/C12H22N2O5S/c1-2-8-6-9(10(7-8)12(16)17)11(15)14-4-3-5-20(13,18)19/h8-10H,2-7H2,1H3,(H,14,15)(H,16,17)(H2,13,18,19). The van der Waals surface area contributed by atoms with Crippen LogP contribution in [0.25, 0.3) is 0 Å². The van der Waals surface area contributed by atoms with Crippen LogP contribution in [0.15, 0.2) is 0 Å². The number of aliphatic carboxylic acids is 1. The molecule has 0 aromatic rings. The molecule has 1 fully saturated rings. The minimum atomic E-state index is -3.52. The van der Waals surface area contributed by atoms with E-state index in [-0.39, 0.29) is 30.5 Å². The van der Waals surface area contributed by atoms with E-state index in [0.29, 0.717) is 12.8 Å². The van der Waals surface area contributed by atoms with Crippen molar-refractivity contribution < 1.29 is 23.1 Å². The summed E-state index contributed by atoms with van der Waals surface area (Å²) in [5.41, 5.74) is 0. The first kappa shape index (κ1) is 16.9. The van der Waals surface area contributed by atoms with Crippen LogP contribution in [0.4, 0.5) is 0 Å². The van der Waals surface area contributed by atoms with Crippen molar-refractivity contribution in [3.05, 3.63) is 0 Å². The van der Waals surface area contributed by atoms with Gasteiger partial charge in [0.2, 0.25) is 15.9 Å². The Balaban J connectivity index is 2.47. The maximum absolute atomic E-state index is 12.0. The first-order valence-corrected chi connectivity index (χ1v) is 8.47. The highest BCUT2D eigenvalue weighted by Gasteiger charge is 2.41. The second-order valence-electron chi connectivity index (χ2n) is 5.31. The van der Waals surface area contributed by atoms with Gasteiger partial charge in [-0.05, 0) is 25.2 Å². The zero-order valence-corrected chi connectivity index (χ0v) is 12.4. The van der Waals surface area contributed by atoms with E-state index in [0.717, 1.165) is 6.42 Å². The van der Waals surface area contributed by atoms with Crippen molar-refractivity contribution in [1.29, 1.82) is 0 Å². The lowest BCUT2D eigenvalue weighted by Gasteiger charge is -2.15. The number of nitrogens with one attached hydrogen (secondary N) is 1. The summed E-state index contributed by atoms with van der Waals surface area (Å²) < 4.78 is 21.5. The molecule has 1 aliphatic rings. The van der Waals surface area contributed by atoms with Crippen LogP contribution < -0.4 is 10.5 Å². The summed E-state index contributed by atoms with van der Waals surface area (Å²) in [6, 6.07) is 0. The van der Waals surface area contributed by atoms with E-state index in [4.69, 9.17) is 10.2 Å². The minimum Gasteiger partial charge on any atom is -0.481 e. The lowest BCUT2D eigenvalue weighted by molar-refractivity contribution is -0.146. The molecule has 1 rings (SSSR count). The number of hydrogen-bond acceptors (Lipinski definition) is 4. The Morgan fingerprint density at radius 3 is 2.40 bits per heavy atom. The third-order valence-corrected chi connectivity index (χ3v) is 4.65. The largest absolute Gasteiger partial charge is 0.481 e. The Bertz CT molecular complexity index is 462. The molecule has 0 radical (unpaired) electrons. The van der Waals surface area contributed by atoms with Crippen molar-refractivity contribution in [3.63, 3.8) is 0 Å². The minimum absolute atomic E-state index is 0.189. The fourth-order valence-corrected chi connectivity index (χ4v) is 3.20. The van der Waals surface area contributed by atoms with Gasteiger partial charge in [-0.2, -0.15) is 0 Å². The summed E-state index contributed by atoms with van der Waals surface area (Å²) in [7, 11) is -3.52. The van der Waals surface area contributed by atoms with Crippen LogP contribution in [-0.4, -0.2) is 37.7 Å². The molecule has 3 unspecified atom stereocenters. The number of nitrogens with two attached hydrogens (primary N) is 1. The molecule has 1 saturated carbocycles. The summed E-state index contributed by atoms with van der Waals surface area (Å²) in [5.74, 6) is -2.34. The van der Waals surface area contributed by atoms with Gasteiger partial charge >= 0.3 is 5.97 Å². The van der Waals surface area contributed by atoms with Crippen LogP contribution in [0.2, 0.25) is 0 Å². The van der Waals surface area contributed by atoms with Crippen LogP contribution in [0.5, 0.6) is 0 Å². The number of amides is 1. The normalized spacial score (nSPS) is 26.4. The lowest BCUT2D eigenvalue weighted by atomic mass is 9.95. The van der Waals surface area contributed by atoms with Gasteiger partial charge in [-0.15, -0.1) is 0 Å². The number of sulfonamides is 1. The average Bonchev–Trinajstić information content (AvgIpc) is 2.77. The monoisotopic (exact) mass is 306 g/mol. The zero-order chi connectivity index (χ0) is 15.3. The highest BCUT2D eigenvalue weighted by atomic mass is 32.2. The SMILES string of the molecule is CCC1CC(C(=O)O)C(C(=O)NCCCS(N)(=O)=O)C1. The number of primary sulfonamides is 1. The van der Waals surface area contributed by atoms with Crippen molar-refractivity contribution in [3.8, 4) is 0 Å². The number of hydrogen-bond donors (Lipinski definition) is 3. The Hall–Kier alpha value is -1.15. The van der Waals surface area contributed by atoms with Crippen LogP contribution in [-0.2, 0) is 19.6 Å². The summed E-state index contributed by atoms with van der Waals surface area (Å²) in [5, 5.41) is 16.6. The Morgan fingerprint density at radius 1 is 1.30 bits per heavy atom. The fourth-order valence-electron chi connectivity index (χ4n) is 2.66. The highest BCUT2D eigenvalue weighted by molar-refractivity contribution is 7.89. The Morgan fingerprint density at radius 2 is 1.90 bits per heavy atom. The smallest absolute Gasteiger partial charge is 0.307 e. The number of carboxylic acid groups (broad SMARTS) is 1. The highest BCUT2D eigenvalue weighted by Crippen LogP contribution is 2.38. The van der Waals surface area contributed by atoms with Gasteiger partial charge in [-0.25, -0.2) is 13.6 Å². The summed E-state index contributed by atoms with van der Waals surface area (Å²) in [6.45, 7) is 2.17. The van der Waals surface area contributed by atoms with Crippen LogP contribution in [0.1, 0.15) is 32.6 Å². The van der Waals surface area contributed by atoms with Gasteiger partial charge in [-0.3, -0.25) is 9.59 Å². The Kier molecular flexibility index (Phi) is 5.94. The molecule has 0 aliphatic heterocycles. The number of carbonyl (C=O) groups is 2. The van der Waals surface area contributed by atoms with E-state index in [1.54, 1.807) is 0 Å². The summed E-state index contributed by atoms with van der Waals surface area (Å²) in [4.78, 5) is 23.2. The van der Waals surface area contributed by atoms with Crippen LogP contribution in [0, 0.1) is 17.8 Å². The van der Waals surface area contributed by atoms with Gasteiger partial charge in [0.1, 0.15) is 0 Å². The molecule has 1 amide bonds. The molecule has 0 aromatic heterocycles. The van der Waals surface area contributed by atoms with Crippen LogP contribution >= 0.6 is 0 Å². The molecule has 7 nitrogen and oxygen atoms in total. The molecular formula is C12H22N2O5S. The lowest BCUT2D eigenvalue weighted by Crippen LogP contribution is -2.36. The van der Waals surface area contributed by atoms with Crippen molar-refractivity contribution in [2.24, 2.45) is 22.9 Å². The number of carboxylic acids is 1. The molecule has 1 aliphatic carbocycles. The number of rotatable bonds is 7. The van der Waals surface area contributed by atoms with Crippen LogP contribution in [0.3, 0.4) is 0 Å². The first-order valence-electron chi connectivity index (χ1n) is 6.75. The van der Waals surface area contributed by atoms with E-state index in [9.17, 15) is 18.0 Å². The fraction of sp³-hybridized carbons (Fsp3) is 0.833. The molecular weight excluding hydrogens is 284 g/mol. The van der Waals surface area contributed by atoms with E-state index >= 15 is 0 Å². The van der Waals surface area contributed by atoms with Gasteiger partial charge in [0.05, 0.1) is 17.6 Å². The summed E-state index contributed by atoms with van der Waals surface area (Å²) in [6.07, 6.45) is 2.20. The topological polar surface area (TPSA) is 127 Å². The van der Waals surface area contributed by atoms with E-state index in [2.05, 4.69) is 5.32 Å². The second-order valence-corrected chi connectivity index (χ2v) is 7.04. The molecule has 116 valence electrons. The summed E-state index contributed by atoms with van der Waals surface area (Å²) >= 11 is 0. The van der Waals surface area contributed by atoms with Crippen molar-refractivity contribution in [1.82, 2.24) is 5.32 Å². The molecule has 3 atom stereocenters. The van der Waals surface area contributed by atoms with Crippen molar-refractivity contribution >= 4 is 21.9 Å².